The minimum atomic E-state index is -3.17. The molecular formula is C38H24NOP. The first-order valence-corrected chi connectivity index (χ1v) is 16.0. The molecule has 5 aliphatic rings. The third-order valence-corrected chi connectivity index (χ3v) is 13.0. The molecule has 3 aliphatic carbocycles. The van der Waals surface area contributed by atoms with Gasteiger partial charge < -0.3 is 9.46 Å². The zero-order valence-electron chi connectivity index (χ0n) is 22.2. The Labute approximate surface area is 238 Å². The number of nitrogens with zero attached hydrogens (tertiary/aromatic N) is 1. The van der Waals surface area contributed by atoms with Crippen LogP contribution in [0.1, 0.15) is 44.9 Å². The topological polar surface area (TPSA) is 20.3 Å². The van der Waals surface area contributed by atoms with Crippen molar-refractivity contribution in [2.75, 3.05) is 4.90 Å². The third kappa shape index (κ3) is 2.31. The zero-order valence-corrected chi connectivity index (χ0v) is 23.1. The summed E-state index contributed by atoms with van der Waals surface area (Å²) in [5.41, 5.74) is 12.2. The molecule has 0 radical (unpaired) electrons. The monoisotopic (exact) mass is 541 g/mol. The molecule has 6 aromatic rings. The molecule has 192 valence electrons. The van der Waals surface area contributed by atoms with Gasteiger partial charge in [0.2, 0.25) is 0 Å². The molecule has 2 aliphatic heterocycles. The number of hydrogen-bond acceptors (Lipinski definition) is 2. The van der Waals surface area contributed by atoms with Crippen molar-refractivity contribution in [2.24, 2.45) is 0 Å². The minimum absolute atomic E-state index is 0.194. The predicted molar refractivity (Wildman–Crippen MR) is 167 cm³/mol. The Morgan fingerprint density at radius 2 is 1.07 bits per heavy atom. The van der Waals surface area contributed by atoms with Crippen molar-refractivity contribution in [1.82, 2.24) is 0 Å². The largest absolute Gasteiger partial charge is 0.308 e. The Morgan fingerprint density at radius 1 is 0.512 bits per heavy atom. The van der Waals surface area contributed by atoms with Gasteiger partial charge in [-0.15, -0.1) is 0 Å². The van der Waals surface area contributed by atoms with Crippen molar-refractivity contribution in [3.8, 4) is 0 Å². The Bertz CT molecular complexity index is 2120. The maximum absolute atomic E-state index is 15.8. The Kier molecular flexibility index (Phi) is 3.96. The molecule has 0 aromatic heterocycles. The Morgan fingerprint density at radius 3 is 1.85 bits per heavy atom. The van der Waals surface area contributed by atoms with Gasteiger partial charge in [0.15, 0.2) is 7.14 Å². The van der Waals surface area contributed by atoms with Gasteiger partial charge >= 0.3 is 0 Å². The second kappa shape index (κ2) is 7.35. The minimum Gasteiger partial charge on any atom is -0.308 e. The fraction of sp³-hybridized carbons (Fsp3) is 0.0526. The molecule has 2 nitrogen and oxygen atoms in total. The standard InChI is InChI=1S/C38H24NOP/c40-41(24-12-2-1-3-13-24)33-22-9-8-20-31(33)39-32-21-10-16-27-35-25-14-4-6-17-28(25)38(36(27)32,29-18-7-5-15-26(29)35)30-19-11-23-34(41)37(30)39/h1-23,35H. The molecule has 0 fully saturated rings. The van der Waals surface area contributed by atoms with Crippen LogP contribution in [0.3, 0.4) is 0 Å². The summed E-state index contributed by atoms with van der Waals surface area (Å²) in [7, 11) is -3.17. The normalized spacial score (nSPS) is 23.1. The SMILES string of the molecule is O=P1(c2ccccc2)c2ccccc2N2c3cccc4c3C3(c5ccccc5C4c4ccccc43)c3cccc1c32. The number of fused-ring (bicyclic) bond motifs is 3. The van der Waals surface area contributed by atoms with Gasteiger partial charge in [0.05, 0.1) is 22.5 Å². The first-order valence-electron chi connectivity index (χ1n) is 14.3. The van der Waals surface area contributed by atoms with Crippen molar-refractivity contribution in [3.63, 3.8) is 0 Å². The van der Waals surface area contributed by atoms with Gasteiger partial charge in [0.25, 0.3) is 0 Å². The van der Waals surface area contributed by atoms with Crippen LogP contribution < -0.4 is 20.8 Å². The first kappa shape index (κ1) is 22.1. The van der Waals surface area contributed by atoms with E-state index in [0.717, 1.165) is 27.3 Å². The second-order valence-corrected chi connectivity index (χ2v) is 14.2. The van der Waals surface area contributed by atoms with Crippen LogP contribution in [-0.4, -0.2) is 0 Å². The van der Waals surface area contributed by atoms with Crippen LogP contribution >= 0.6 is 7.14 Å². The van der Waals surface area contributed by atoms with E-state index in [9.17, 15) is 0 Å². The highest BCUT2D eigenvalue weighted by Gasteiger charge is 2.59. The van der Waals surface area contributed by atoms with E-state index in [4.69, 9.17) is 0 Å². The maximum atomic E-state index is 15.8. The summed E-state index contributed by atoms with van der Waals surface area (Å²) >= 11 is 0. The fourth-order valence-corrected chi connectivity index (χ4v) is 11.6. The molecular weight excluding hydrogens is 517 g/mol. The summed E-state index contributed by atoms with van der Waals surface area (Å²) < 4.78 is 15.8. The molecule has 3 heteroatoms. The molecule has 41 heavy (non-hydrogen) atoms. The van der Waals surface area contributed by atoms with Crippen molar-refractivity contribution >= 4 is 40.1 Å². The van der Waals surface area contributed by atoms with Crippen LogP contribution in [0.15, 0.2) is 140 Å². The lowest BCUT2D eigenvalue weighted by Gasteiger charge is -2.57. The summed E-state index contributed by atoms with van der Waals surface area (Å²) in [5.74, 6) is 0.194. The van der Waals surface area contributed by atoms with E-state index < -0.39 is 12.6 Å². The summed E-state index contributed by atoms with van der Waals surface area (Å²) in [4.78, 5) is 2.43. The summed E-state index contributed by atoms with van der Waals surface area (Å²) in [6.45, 7) is 0. The van der Waals surface area contributed by atoms with Crippen LogP contribution in [-0.2, 0) is 9.98 Å². The van der Waals surface area contributed by atoms with Gasteiger partial charge in [0, 0.05) is 21.8 Å². The molecule has 0 N–H and O–H groups in total. The van der Waals surface area contributed by atoms with Crippen LogP contribution in [0.4, 0.5) is 17.1 Å². The zero-order chi connectivity index (χ0) is 26.9. The number of benzene rings is 6. The van der Waals surface area contributed by atoms with E-state index in [-0.39, 0.29) is 5.92 Å². The molecule has 2 bridgehead atoms. The number of anilines is 3. The summed E-state index contributed by atoms with van der Waals surface area (Å²) in [6, 6.07) is 49.9. The van der Waals surface area contributed by atoms with E-state index >= 15 is 4.57 Å². The smallest absolute Gasteiger partial charge is 0.175 e. The number of hydrogen-bond donors (Lipinski definition) is 0. The van der Waals surface area contributed by atoms with Gasteiger partial charge in [-0.25, -0.2) is 0 Å². The molecule has 0 saturated carbocycles. The molecule has 6 aromatic carbocycles. The predicted octanol–water partition coefficient (Wildman–Crippen LogP) is 7.61. The summed E-state index contributed by atoms with van der Waals surface area (Å²) in [6.07, 6.45) is 0. The quantitative estimate of drug-likeness (QED) is 0.199. The van der Waals surface area contributed by atoms with E-state index in [2.05, 4.69) is 108 Å². The Hall–Kier alpha value is -4.65. The maximum Gasteiger partial charge on any atom is 0.175 e. The van der Waals surface area contributed by atoms with E-state index in [1.165, 1.54) is 44.6 Å². The lowest BCUT2D eigenvalue weighted by atomic mass is 9.49. The molecule has 1 atom stereocenters. The van der Waals surface area contributed by atoms with Gasteiger partial charge in [-0.3, -0.25) is 0 Å². The first-order chi connectivity index (χ1) is 20.3. The van der Waals surface area contributed by atoms with Gasteiger partial charge in [-0.05, 0) is 63.2 Å². The van der Waals surface area contributed by atoms with Crippen LogP contribution in [0.5, 0.6) is 0 Å². The second-order valence-electron chi connectivity index (χ2n) is 11.5. The average molecular weight is 542 g/mol. The van der Waals surface area contributed by atoms with Crippen LogP contribution in [0.25, 0.3) is 0 Å². The lowest BCUT2D eigenvalue weighted by Crippen LogP contribution is -2.49. The fourth-order valence-electron chi connectivity index (χ4n) is 8.57. The number of para-hydroxylation sites is 2. The highest BCUT2D eigenvalue weighted by Crippen LogP contribution is 2.69. The number of rotatable bonds is 1. The summed E-state index contributed by atoms with van der Waals surface area (Å²) in [5, 5.41) is 2.71. The lowest BCUT2D eigenvalue weighted by molar-refractivity contribution is 0.591. The van der Waals surface area contributed by atoms with Crippen molar-refractivity contribution < 1.29 is 4.57 Å². The molecule has 2 heterocycles. The van der Waals surface area contributed by atoms with E-state index in [1.54, 1.807) is 0 Å². The Balaban J connectivity index is 1.45. The molecule has 0 amide bonds. The van der Waals surface area contributed by atoms with E-state index in [0.29, 0.717) is 0 Å². The molecule has 11 rings (SSSR count). The van der Waals surface area contributed by atoms with Gasteiger partial charge in [0.1, 0.15) is 0 Å². The van der Waals surface area contributed by atoms with Crippen molar-refractivity contribution in [3.05, 3.63) is 178 Å². The third-order valence-electron chi connectivity index (χ3n) is 9.92. The van der Waals surface area contributed by atoms with Crippen LogP contribution in [0.2, 0.25) is 0 Å². The highest BCUT2D eigenvalue weighted by molar-refractivity contribution is 7.86. The van der Waals surface area contributed by atoms with Crippen molar-refractivity contribution in [2.45, 2.75) is 11.3 Å². The molecule has 1 unspecified atom stereocenters. The van der Waals surface area contributed by atoms with Crippen molar-refractivity contribution in [1.29, 1.82) is 0 Å². The molecule has 0 saturated heterocycles. The molecule has 1 spiro atoms. The van der Waals surface area contributed by atoms with Gasteiger partial charge in [-0.1, -0.05) is 115 Å². The van der Waals surface area contributed by atoms with E-state index in [1.807, 2.05) is 36.4 Å². The average Bonchev–Trinajstić information content (AvgIpc) is 3.05. The van der Waals surface area contributed by atoms with Gasteiger partial charge in [-0.2, -0.15) is 0 Å². The highest BCUT2D eigenvalue weighted by atomic mass is 31.2. The van der Waals surface area contributed by atoms with Crippen LogP contribution in [0, 0.1) is 0 Å².